The molecule has 0 rings (SSSR count). The SMILES string of the molecule is O=P(=O)CP(=O)=O. The number of hydrogen-bond acceptors (Lipinski definition) is 4. The van der Waals surface area contributed by atoms with Crippen LogP contribution in [0.3, 0.4) is 0 Å². The van der Waals surface area contributed by atoms with Crippen LogP contribution in [0.2, 0.25) is 0 Å². The van der Waals surface area contributed by atoms with Gasteiger partial charge in [0, 0.05) is 0 Å². The monoisotopic (exact) mass is 140 g/mol. The molecule has 0 fully saturated rings. The van der Waals surface area contributed by atoms with Crippen molar-refractivity contribution in [2.75, 3.05) is 5.90 Å². The Kier molecular flexibility index (Phi) is 2.81. The summed E-state index contributed by atoms with van der Waals surface area (Å²) in [5, 5.41) is 0. The first-order valence-electron chi connectivity index (χ1n) is 1.36. The second kappa shape index (κ2) is 2.89. The second-order valence-corrected chi connectivity index (χ2v) is 3.27. The highest BCUT2D eigenvalue weighted by atomic mass is 31.1. The maximum absolute atomic E-state index is 9.46. The zero-order valence-electron chi connectivity index (χ0n) is 3.23. The lowest BCUT2D eigenvalue weighted by atomic mass is 11.9. The summed E-state index contributed by atoms with van der Waals surface area (Å²) in [6.07, 6.45) is 0. The zero-order valence-corrected chi connectivity index (χ0v) is 5.02. The first-order valence-corrected chi connectivity index (χ1v) is 4.09. The fourth-order valence-electron chi connectivity index (χ4n) is 0.0943. The van der Waals surface area contributed by atoms with Crippen LogP contribution in [0.15, 0.2) is 0 Å². The van der Waals surface area contributed by atoms with E-state index in [4.69, 9.17) is 0 Å². The molecule has 0 radical (unpaired) electrons. The Morgan fingerprint density at radius 3 is 1.14 bits per heavy atom. The molecule has 4 nitrogen and oxygen atoms in total. The van der Waals surface area contributed by atoms with Gasteiger partial charge in [0.05, 0.1) is 0 Å². The van der Waals surface area contributed by atoms with Crippen LogP contribution in [0.4, 0.5) is 0 Å². The maximum atomic E-state index is 9.46. The lowest BCUT2D eigenvalue weighted by Crippen LogP contribution is -1.46. The summed E-state index contributed by atoms with van der Waals surface area (Å²) >= 11 is 0. The van der Waals surface area contributed by atoms with Gasteiger partial charge < -0.3 is 0 Å². The normalized spacial score (nSPS) is 8.00. The molecule has 7 heavy (non-hydrogen) atoms. The Hall–Kier alpha value is -0.200. The van der Waals surface area contributed by atoms with Gasteiger partial charge in [-0.2, -0.15) is 0 Å². The summed E-state index contributed by atoms with van der Waals surface area (Å²) in [7, 11) is -5.47. The molecule has 0 atom stereocenters. The van der Waals surface area contributed by atoms with Gasteiger partial charge in [-0.25, -0.2) is 18.3 Å². The minimum absolute atomic E-state index is 0.731. The summed E-state index contributed by atoms with van der Waals surface area (Å²) < 4.78 is 37.9. The van der Waals surface area contributed by atoms with Gasteiger partial charge in [-0.1, -0.05) is 0 Å². The molecule has 0 aliphatic heterocycles. The second-order valence-electron chi connectivity index (χ2n) is 0.807. The van der Waals surface area contributed by atoms with Crippen molar-refractivity contribution in [2.24, 2.45) is 0 Å². The maximum Gasteiger partial charge on any atom is 0.330 e. The van der Waals surface area contributed by atoms with Crippen molar-refractivity contribution in [3.8, 4) is 0 Å². The summed E-state index contributed by atoms with van der Waals surface area (Å²) in [5.74, 6) is -0.731. The molecule has 40 valence electrons. The molecule has 0 bridgehead atoms. The number of rotatable bonds is 2. The highest BCUT2D eigenvalue weighted by molar-refractivity contribution is 7.49. The van der Waals surface area contributed by atoms with Crippen molar-refractivity contribution in [1.29, 1.82) is 0 Å². The molecule has 0 aromatic rings. The fourth-order valence-corrected chi connectivity index (χ4v) is 0.849. The van der Waals surface area contributed by atoms with Crippen LogP contribution in [0.25, 0.3) is 0 Å². The topological polar surface area (TPSA) is 68.3 Å². The van der Waals surface area contributed by atoms with E-state index in [1.807, 2.05) is 0 Å². The molecule has 0 amide bonds. The Balaban J connectivity index is 3.77. The molecule has 0 aliphatic rings. The molecule has 0 saturated carbocycles. The van der Waals surface area contributed by atoms with Crippen molar-refractivity contribution in [2.45, 2.75) is 0 Å². The van der Waals surface area contributed by atoms with E-state index >= 15 is 0 Å². The molecule has 0 spiro atoms. The van der Waals surface area contributed by atoms with Crippen LogP contribution in [-0.4, -0.2) is 5.90 Å². The van der Waals surface area contributed by atoms with Gasteiger partial charge in [0.15, 0.2) is 5.90 Å². The summed E-state index contributed by atoms with van der Waals surface area (Å²) in [4.78, 5) is 0. The quantitative estimate of drug-likeness (QED) is 0.541. The molecule has 0 aromatic carbocycles. The summed E-state index contributed by atoms with van der Waals surface area (Å²) in [5.41, 5.74) is 0. The largest absolute Gasteiger partial charge is 0.330 e. The molecule has 0 heterocycles. The Bertz CT molecular complexity index is 138. The van der Waals surface area contributed by atoms with E-state index in [1.165, 1.54) is 0 Å². The predicted octanol–water partition coefficient (Wildman–Crippen LogP) is 1.29. The van der Waals surface area contributed by atoms with E-state index < -0.39 is 21.3 Å². The van der Waals surface area contributed by atoms with Gasteiger partial charge in [-0.05, 0) is 0 Å². The highest BCUT2D eigenvalue weighted by Crippen LogP contribution is 2.15. The highest BCUT2D eigenvalue weighted by Gasteiger charge is 1.93. The minimum atomic E-state index is -2.74. The number of hydrogen-bond donors (Lipinski definition) is 0. The van der Waals surface area contributed by atoms with Gasteiger partial charge in [0.1, 0.15) is 0 Å². The van der Waals surface area contributed by atoms with Crippen molar-refractivity contribution >= 4 is 15.4 Å². The Labute approximate surface area is 40.6 Å². The van der Waals surface area contributed by atoms with E-state index in [2.05, 4.69) is 0 Å². The zero-order chi connectivity index (χ0) is 5.86. The molecular weight excluding hydrogens is 138 g/mol. The van der Waals surface area contributed by atoms with Crippen LogP contribution in [0, 0.1) is 0 Å². The predicted molar refractivity (Wildman–Crippen MR) is 21.5 cm³/mol. The van der Waals surface area contributed by atoms with Crippen molar-refractivity contribution < 1.29 is 18.3 Å². The van der Waals surface area contributed by atoms with Gasteiger partial charge in [0.25, 0.3) is 0 Å². The van der Waals surface area contributed by atoms with E-state index in [0.717, 1.165) is 0 Å². The molecule has 0 unspecified atom stereocenters. The lowest BCUT2D eigenvalue weighted by Gasteiger charge is -1.57. The Morgan fingerprint density at radius 2 is 1.14 bits per heavy atom. The van der Waals surface area contributed by atoms with E-state index in [1.54, 1.807) is 0 Å². The molecule has 0 aliphatic carbocycles. The van der Waals surface area contributed by atoms with Gasteiger partial charge in [0.2, 0.25) is 0 Å². The molecule has 0 aromatic heterocycles. The van der Waals surface area contributed by atoms with Crippen LogP contribution in [0.5, 0.6) is 0 Å². The molecule has 0 N–H and O–H groups in total. The molecule has 6 heteroatoms. The summed E-state index contributed by atoms with van der Waals surface area (Å²) in [6, 6.07) is 0. The first kappa shape index (κ1) is 6.80. The van der Waals surface area contributed by atoms with E-state index in [0.29, 0.717) is 0 Å². The third-order valence-electron chi connectivity index (χ3n) is 0.231. The summed E-state index contributed by atoms with van der Waals surface area (Å²) in [6.45, 7) is 0. The van der Waals surface area contributed by atoms with E-state index in [9.17, 15) is 18.3 Å². The third-order valence-corrected chi connectivity index (χ3v) is 2.08. The Morgan fingerprint density at radius 1 is 0.857 bits per heavy atom. The van der Waals surface area contributed by atoms with Crippen LogP contribution in [-0.2, 0) is 18.3 Å². The van der Waals surface area contributed by atoms with Crippen LogP contribution in [0.1, 0.15) is 0 Å². The van der Waals surface area contributed by atoms with Gasteiger partial charge in [-0.15, -0.1) is 0 Å². The van der Waals surface area contributed by atoms with Crippen molar-refractivity contribution in [1.82, 2.24) is 0 Å². The standard InChI is InChI=1S/CH2O4P2/c2-6(3)1-7(4)5/h1H2. The van der Waals surface area contributed by atoms with Crippen LogP contribution >= 0.6 is 15.4 Å². The first-order chi connectivity index (χ1) is 3.13. The fraction of sp³-hybridized carbons (Fsp3) is 1.00. The molecule has 0 saturated heterocycles. The van der Waals surface area contributed by atoms with Gasteiger partial charge in [-0.3, -0.25) is 0 Å². The smallest absolute Gasteiger partial charge is 0.236 e. The average Bonchev–Trinajstić information content (AvgIpc) is 1.27. The van der Waals surface area contributed by atoms with Gasteiger partial charge >= 0.3 is 15.4 Å². The molecular formula is CH2O4P2. The van der Waals surface area contributed by atoms with Crippen molar-refractivity contribution in [3.63, 3.8) is 0 Å². The van der Waals surface area contributed by atoms with E-state index in [-0.39, 0.29) is 0 Å². The third kappa shape index (κ3) is 5.80. The van der Waals surface area contributed by atoms with Crippen molar-refractivity contribution in [3.05, 3.63) is 0 Å². The minimum Gasteiger partial charge on any atom is -0.236 e. The van der Waals surface area contributed by atoms with Crippen LogP contribution < -0.4 is 0 Å². The lowest BCUT2D eigenvalue weighted by molar-refractivity contribution is 0.508. The average molecular weight is 140 g/mol.